The quantitative estimate of drug-likeness (QED) is 0.168. The van der Waals surface area contributed by atoms with Gasteiger partial charge in [-0.15, -0.1) is 0 Å². The molecule has 3 rings (SSSR count). The zero-order chi connectivity index (χ0) is 26.8. The summed E-state index contributed by atoms with van der Waals surface area (Å²) < 4.78 is 16.6. The smallest absolute Gasteiger partial charge is 0.416 e. The number of benzene rings is 2. The molecule has 0 N–H and O–H groups in total. The minimum absolute atomic E-state index is 0.00237. The van der Waals surface area contributed by atoms with Gasteiger partial charge < -0.3 is 14.2 Å². The molecule has 1 atom stereocenters. The number of anilines is 1. The highest BCUT2D eigenvalue weighted by atomic mass is 35.5. The Labute approximate surface area is 226 Å². The van der Waals surface area contributed by atoms with Crippen LogP contribution >= 0.6 is 23.2 Å². The number of aromatic nitrogens is 2. The van der Waals surface area contributed by atoms with Crippen molar-refractivity contribution in [2.75, 3.05) is 18.6 Å². The molecule has 0 radical (unpaired) electrons. The lowest BCUT2D eigenvalue weighted by molar-refractivity contribution is -0.146. The Bertz CT molecular complexity index is 1160. The number of carbonyl (C=O) groups is 2. The van der Waals surface area contributed by atoms with Crippen LogP contribution in [0.15, 0.2) is 66.7 Å². The first-order valence-electron chi connectivity index (χ1n) is 11.6. The molecular weight excluding hydrogens is 517 g/mol. The van der Waals surface area contributed by atoms with Crippen LogP contribution < -0.4 is 4.90 Å². The van der Waals surface area contributed by atoms with Crippen molar-refractivity contribution in [3.05, 3.63) is 88.3 Å². The molecular formula is C27H29Cl2N3O5. The highest BCUT2D eigenvalue weighted by Gasteiger charge is 2.38. The summed E-state index contributed by atoms with van der Waals surface area (Å²) in [5, 5.41) is -0.183. The van der Waals surface area contributed by atoms with Gasteiger partial charge in [-0.1, -0.05) is 72.3 Å². The Balaban J connectivity index is 2.00. The number of halogens is 2. The molecule has 0 spiro atoms. The molecule has 3 aromatic rings. The maximum atomic E-state index is 13.7. The minimum atomic E-state index is -1.14. The van der Waals surface area contributed by atoms with Crippen LogP contribution in [0.25, 0.3) is 0 Å². The fraction of sp³-hybridized carbons (Fsp3) is 0.333. The maximum absolute atomic E-state index is 13.7. The fourth-order valence-corrected chi connectivity index (χ4v) is 3.91. The third kappa shape index (κ3) is 8.70. The van der Waals surface area contributed by atoms with Crippen LogP contribution in [0.5, 0.6) is 0 Å². The van der Waals surface area contributed by atoms with Gasteiger partial charge in [0, 0.05) is 32.6 Å². The van der Waals surface area contributed by atoms with E-state index >= 15 is 0 Å². The van der Waals surface area contributed by atoms with Crippen LogP contribution in [0, 0.1) is 0 Å². The van der Waals surface area contributed by atoms with E-state index in [9.17, 15) is 9.59 Å². The lowest BCUT2D eigenvalue weighted by atomic mass is 10.0. The van der Waals surface area contributed by atoms with Gasteiger partial charge in [-0.25, -0.2) is 19.5 Å². The Morgan fingerprint density at radius 1 is 0.973 bits per heavy atom. The normalized spacial score (nSPS) is 12.0. The van der Waals surface area contributed by atoms with Gasteiger partial charge in [0.2, 0.25) is 5.28 Å². The van der Waals surface area contributed by atoms with Crippen molar-refractivity contribution < 1.29 is 23.8 Å². The number of amides is 1. The number of nitrogens with zero attached hydrogens (tertiary/aromatic N) is 3. The summed E-state index contributed by atoms with van der Waals surface area (Å²) in [7, 11) is 1.56. The molecule has 8 nitrogen and oxygen atoms in total. The second-order valence-corrected chi connectivity index (χ2v) is 9.58. The Hall–Kier alpha value is -3.20. The van der Waals surface area contributed by atoms with Crippen molar-refractivity contribution in [1.82, 2.24) is 9.97 Å². The minimum Gasteiger partial charge on any atom is -0.459 e. The molecule has 10 heteroatoms. The van der Waals surface area contributed by atoms with Crippen LogP contribution in [0.3, 0.4) is 0 Å². The van der Waals surface area contributed by atoms with Crippen molar-refractivity contribution >= 4 is 41.1 Å². The molecule has 0 bridgehead atoms. The first kappa shape index (κ1) is 28.4. The molecule has 37 heavy (non-hydrogen) atoms. The predicted octanol–water partition coefficient (Wildman–Crippen LogP) is 5.90. The molecule has 0 aliphatic heterocycles. The largest absolute Gasteiger partial charge is 0.459 e. The van der Waals surface area contributed by atoms with E-state index in [1.807, 2.05) is 60.7 Å². The second kappa shape index (κ2) is 13.4. The van der Waals surface area contributed by atoms with Gasteiger partial charge >= 0.3 is 12.1 Å². The van der Waals surface area contributed by atoms with Crippen molar-refractivity contribution in [2.45, 2.75) is 44.9 Å². The molecule has 0 saturated heterocycles. The summed E-state index contributed by atoms with van der Waals surface area (Å²) in [6, 6.07) is 18.7. The van der Waals surface area contributed by atoms with Crippen molar-refractivity contribution in [3.63, 3.8) is 0 Å². The zero-order valence-corrected chi connectivity index (χ0v) is 22.4. The van der Waals surface area contributed by atoms with Gasteiger partial charge in [0.1, 0.15) is 29.2 Å². The third-order valence-corrected chi connectivity index (χ3v) is 5.81. The van der Waals surface area contributed by atoms with E-state index in [1.54, 1.807) is 21.0 Å². The van der Waals surface area contributed by atoms with Crippen molar-refractivity contribution in [3.8, 4) is 0 Å². The first-order chi connectivity index (χ1) is 17.7. The lowest BCUT2D eigenvalue weighted by Crippen LogP contribution is -2.50. The van der Waals surface area contributed by atoms with Gasteiger partial charge in [-0.3, -0.25) is 0 Å². The Kier molecular flexibility index (Phi) is 10.3. The summed E-state index contributed by atoms with van der Waals surface area (Å²) in [5.41, 5.74) is 0.695. The summed E-state index contributed by atoms with van der Waals surface area (Å²) in [4.78, 5) is 36.4. The van der Waals surface area contributed by atoms with E-state index < -0.39 is 23.7 Å². The van der Waals surface area contributed by atoms with E-state index in [1.165, 1.54) is 6.07 Å². The monoisotopic (exact) mass is 545 g/mol. The zero-order valence-electron chi connectivity index (χ0n) is 20.9. The van der Waals surface area contributed by atoms with Gasteiger partial charge in [-0.2, -0.15) is 4.98 Å². The molecule has 0 aliphatic carbocycles. The molecule has 1 aromatic heterocycles. The number of carbonyl (C=O) groups excluding carboxylic acids is 2. The third-order valence-electron chi connectivity index (χ3n) is 5.45. The summed E-state index contributed by atoms with van der Waals surface area (Å²) in [6.45, 7) is 3.90. The first-order valence-corrected chi connectivity index (χ1v) is 12.4. The molecule has 0 aliphatic rings. The second-order valence-electron chi connectivity index (χ2n) is 8.86. The SMILES string of the molecule is COCCC(C)(C)OC(=O)N(c1cc(Cl)nc(Cl)n1)[C@@H](Cc1ccccc1)C(=O)OCc1ccccc1. The topological polar surface area (TPSA) is 90.9 Å². The van der Waals surface area contributed by atoms with Crippen LogP contribution in [0.1, 0.15) is 31.4 Å². The summed E-state index contributed by atoms with van der Waals surface area (Å²) in [5.74, 6) is -0.639. The summed E-state index contributed by atoms with van der Waals surface area (Å²) >= 11 is 12.2. The van der Waals surface area contributed by atoms with Gasteiger partial charge in [0.05, 0.1) is 0 Å². The molecule has 0 fully saturated rings. The average molecular weight is 546 g/mol. The van der Waals surface area contributed by atoms with Gasteiger partial charge in [-0.05, 0) is 36.6 Å². The Morgan fingerprint density at radius 2 is 1.59 bits per heavy atom. The standard InChI is InChI=1S/C27H29Cl2N3O5/c1-27(2,14-15-35-3)37-26(34)32(23-17-22(28)30-25(29)31-23)21(16-19-10-6-4-7-11-19)24(33)36-18-20-12-8-5-9-13-20/h4-13,17,21H,14-16,18H2,1-3H3/t21-/m0/s1. The van der Waals surface area contributed by atoms with Gasteiger partial charge in [0.15, 0.2) is 0 Å². The van der Waals surface area contributed by atoms with Crippen LogP contribution in [-0.2, 0) is 32.0 Å². The highest BCUT2D eigenvalue weighted by molar-refractivity contribution is 6.32. The average Bonchev–Trinajstić information content (AvgIpc) is 2.86. The van der Waals surface area contributed by atoms with Crippen molar-refractivity contribution in [2.24, 2.45) is 0 Å². The number of methoxy groups -OCH3 is 1. The number of ether oxygens (including phenoxy) is 3. The highest BCUT2D eigenvalue weighted by Crippen LogP contribution is 2.26. The number of hydrogen-bond acceptors (Lipinski definition) is 7. The van der Waals surface area contributed by atoms with E-state index in [0.717, 1.165) is 16.0 Å². The van der Waals surface area contributed by atoms with E-state index in [-0.39, 0.29) is 29.3 Å². The molecule has 0 saturated carbocycles. The number of esters is 1. The van der Waals surface area contributed by atoms with Crippen LogP contribution in [0.2, 0.25) is 10.4 Å². The van der Waals surface area contributed by atoms with Crippen LogP contribution in [-0.4, -0.2) is 47.4 Å². The lowest BCUT2D eigenvalue weighted by Gasteiger charge is -2.33. The van der Waals surface area contributed by atoms with Crippen molar-refractivity contribution in [1.29, 1.82) is 0 Å². The summed E-state index contributed by atoms with van der Waals surface area (Å²) in [6.07, 6.45) is -0.262. The number of hydrogen-bond donors (Lipinski definition) is 0. The predicted molar refractivity (Wildman–Crippen MR) is 142 cm³/mol. The number of rotatable bonds is 11. The molecule has 196 valence electrons. The van der Waals surface area contributed by atoms with E-state index in [0.29, 0.717) is 13.0 Å². The molecule has 1 amide bonds. The molecule has 0 unspecified atom stereocenters. The fourth-order valence-electron chi connectivity index (χ4n) is 3.51. The van der Waals surface area contributed by atoms with Gasteiger partial charge in [0.25, 0.3) is 0 Å². The molecule has 1 heterocycles. The van der Waals surface area contributed by atoms with Crippen LogP contribution in [0.4, 0.5) is 10.6 Å². The van der Waals surface area contributed by atoms with E-state index in [4.69, 9.17) is 37.4 Å². The maximum Gasteiger partial charge on any atom is 0.416 e. The molecule has 2 aromatic carbocycles. The van der Waals surface area contributed by atoms with E-state index in [2.05, 4.69) is 9.97 Å². The Morgan fingerprint density at radius 3 is 2.19 bits per heavy atom.